The Bertz CT molecular complexity index is 303. The van der Waals surface area contributed by atoms with Crippen molar-refractivity contribution in [3.63, 3.8) is 0 Å². The average Bonchev–Trinajstić information content (AvgIpc) is 2.05. The SMILES string of the molecule is N#Cc1ccc([SH2+])c(NN)c1. The van der Waals surface area contributed by atoms with Crippen LogP contribution in [-0.2, 0) is 12.6 Å². The Kier molecular flexibility index (Phi) is 2.36. The van der Waals surface area contributed by atoms with Gasteiger partial charge in [0.25, 0.3) is 0 Å². The molecule has 1 aromatic carbocycles. The number of hydrogen-bond acceptors (Lipinski definition) is 3. The van der Waals surface area contributed by atoms with Crippen LogP contribution in [0.5, 0.6) is 0 Å². The number of nitrogens with two attached hydrogens (primary N) is 1. The molecular formula is C7H8N3S+. The van der Waals surface area contributed by atoms with Gasteiger partial charge in [-0.3, -0.25) is 5.84 Å². The second-order valence-electron chi connectivity index (χ2n) is 2.02. The van der Waals surface area contributed by atoms with Crippen molar-refractivity contribution in [3.05, 3.63) is 23.8 Å². The first-order valence-corrected chi connectivity index (χ1v) is 3.50. The van der Waals surface area contributed by atoms with E-state index in [1.54, 1.807) is 18.2 Å². The number of nitrogens with one attached hydrogen (secondary N) is 1. The Morgan fingerprint density at radius 1 is 1.55 bits per heavy atom. The first-order chi connectivity index (χ1) is 5.27. The molecule has 0 unspecified atom stereocenters. The number of benzene rings is 1. The van der Waals surface area contributed by atoms with Gasteiger partial charge in [0.2, 0.25) is 0 Å². The van der Waals surface area contributed by atoms with E-state index in [0.717, 1.165) is 4.90 Å². The zero-order valence-electron chi connectivity index (χ0n) is 5.76. The minimum Gasteiger partial charge on any atom is -0.320 e. The molecule has 0 radical (unpaired) electrons. The van der Waals surface area contributed by atoms with Gasteiger partial charge >= 0.3 is 0 Å². The van der Waals surface area contributed by atoms with Gasteiger partial charge in [0.15, 0.2) is 4.90 Å². The Balaban J connectivity index is 3.15. The van der Waals surface area contributed by atoms with Crippen LogP contribution in [0.4, 0.5) is 5.69 Å². The van der Waals surface area contributed by atoms with Gasteiger partial charge in [0, 0.05) is 0 Å². The van der Waals surface area contributed by atoms with Crippen LogP contribution in [0.15, 0.2) is 23.1 Å². The van der Waals surface area contributed by atoms with E-state index < -0.39 is 0 Å². The molecule has 0 aliphatic carbocycles. The summed E-state index contributed by atoms with van der Waals surface area (Å²) in [5.74, 6) is 5.18. The molecule has 56 valence electrons. The number of nitriles is 1. The molecule has 0 amide bonds. The molecule has 3 N–H and O–H groups in total. The summed E-state index contributed by atoms with van der Waals surface area (Å²) in [6, 6.07) is 7.16. The van der Waals surface area contributed by atoms with E-state index in [0.29, 0.717) is 11.3 Å². The van der Waals surface area contributed by atoms with Gasteiger partial charge in [-0.1, -0.05) is 0 Å². The topological polar surface area (TPSA) is 61.8 Å². The summed E-state index contributed by atoms with van der Waals surface area (Å²) >= 11 is 3.32. The molecule has 0 fully saturated rings. The number of rotatable bonds is 1. The van der Waals surface area contributed by atoms with Gasteiger partial charge in [0.05, 0.1) is 11.6 Å². The lowest BCUT2D eigenvalue weighted by Gasteiger charge is -1.98. The number of nitrogens with zero attached hydrogens (tertiary/aromatic N) is 1. The summed E-state index contributed by atoms with van der Waals surface area (Å²) in [6.07, 6.45) is 0. The lowest BCUT2D eigenvalue weighted by atomic mass is 10.2. The Morgan fingerprint density at radius 3 is 2.82 bits per heavy atom. The second kappa shape index (κ2) is 3.28. The van der Waals surface area contributed by atoms with E-state index in [4.69, 9.17) is 11.1 Å². The number of nitrogen functional groups attached to an aromatic ring is 1. The molecule has 4 heteroatoms. The van der Waals surface area contributed by atoms with Crippen molar-refractivity contribution in [2.75, 3.05) is 5.43 Å². The monoisotopic (exact) mass is 166 g/mol. The lowest BCUT2D eigenvalue weighted by Crippen LogP contribution is -2.07. The molecule has 0 aromatic heterocycles. The van der Waals surface area contributed by atoms with Crippen LogP contribution in [0.2, 0.25) is 0 Å². The number of hydrogen-bond donors (Lipinski definition) is 2. The Hall–Kier alpha value is -1.18. The highest BCUT2D eigenvalue weighted by molar-refractivity contribution is 7.59. The van der Waals surface area contributed by atoms with Gasteiger partial charge in [-0.15, -0.1) is 0 Å². The number of hydrazine groups is 1. The van der Waals surface area contributed by atoms with Gasteiger partial charge in [-0.25, -0.2) is 0 Å². The first kappa shape index (κ1) is 7.92. The summed E-state index contributed by atoms with van der Waals surface area (Å²) in [4.78, 5) is 0.839. The lowest BCUT2D eigenvalue weighted by molar-refractivity contribution is 1.28. The van der Waals surface area contributed by atoms with Crippen molar-refractivity contribution in [3.8, 4) is 6.07 Å². The van der Waals surface area contributed by atoms with Crippen LogP contribution in [0.25, 0.3) is 0 Å². The van der Waals surface area contributed by atoms with Gasteiger partial charge in [0.1, 0.15) is 5.69 Å². The van der Waals surface area contributed by atoms with E-state index in [9.17, 15) is 0 Å². The van der Waals surface area contributed by atoms with E-state index in [1.807, 2.05) is 6.07 Å². The van der Waals surface area contributed by atoms with Crippen LogP contribution >= 0.6 is 0 Å². The Morgan fingerprint density at radius 2 is 2.27 bits per heavy atom. The van der Waals surface area contributed by atoms with Crippen LogP contribution < -0.4 is 11.3 Å². The summed E-state index contributed by atoms with van der Waals surface area (Å²) in [5.41, 5.74) is 3.76. The highest BCUT2D eigenvalue weighted by Gasteiger charge is 2.02. The first-order valence-electron chi connectivity index (χ1n) is 3.00. The van der Waals surface area contributed by atoms with Crippen LogP contribution in [0.1, 0.15) is 5.56 Å². The maximum Gasteiger partial charge on any atom is 0.174 e. The minimum absolute atomic E-state index is 0.583. The number of anilines is 1. The molecule has 11 heavy (non-hydrogen) atoms. The third-order valence-corrected chi connectivity index (χ3v) is 1.74. The Labute approximate surface area is 70.2 Å². The molecule has 0 spiro atoms. The zero-order chi connectivity index (χ0) is 8.27. The zero-order valence-corrected chi connectivity index (χ0v) is 6.76. The van der Waals surface area contributed by atoms with E-state index >= 15 is 0 Å². The molecule has 3 nitrogen and oxygen atoms in total. The summed E-state index contributed by atoms with van der Waals surface area (Å²) in [5, 5.41) is 8.51. The molecule has 0 bridgehead atoms. The highest BCUT2D eigenvalue weighted by atomic mass is 32.1. The largest absolute Gasteiger partial charge is 0.320 e. The van der Waals surface area contributed by atoms with Gasteiger partial charge < -0.3 is 5.43 Å². The molecule has 0 atom stereocenters. The predicted octanol–water partition coefficient (Wildman–Crippen LogP) is 0.214. The molecule has 0 saturated heterocycles. The standard InChI is InChI=1S/C7H7N3S/c8-4-5-1-2-7(11)6(3-5)10-9/h1-3,10-11H,9H2/p+1. The minimum atomic E-state index is 0.583. The fourth-order valence-electron chi connectivity index (χ4n) is 0.733. The van der Waals surface area contributed by atoms with Crippen molar-refractivity contribution in [2.45, 2.75) is 4.90 Å². The van der Waals surface area contributed by atoms with Crippen LogP contribution in [0.3, 0.4) is 0 Å². The maximum atomic E-state index is 8.51. The predicted molar refractivity (Wildman–Crippen MR) is 47.4 cm³/mol. The quantitative estimate of drug-likeness (QED) is 0.356. The molecule has 0 saturated carbocycles. The molecule has 0 heterocycles. The van der Waals surface area contributed by atoms with E-state index in [2.05, 4.69) is 18.1 Å². The van der Waals surface area contributed by atoms with Gasteiger partial charge in [-0.2, -0.15) is 5.26 Å². The van der Waals surface area contributed by atoms with Crippen LogP contribution in [-0.4, -0.2) is 0 Å². The third kappa shape index (κ3) is 1.64. The fourth-order valence-corrected chi connectivity index (χ4v) is 0.961. The van der Waals surface area contributed by atoms with E-state index in [-0.39, 0.29) is 0 Å². The van der Waals surface area contributed by atoms with Crippen molar-refractivity contribution < 1.29 is 0 Å². The molecule has 1 rings (SSSR count). The highest BCUT2D eigenvalue weighted by Crippen LogP contribution is 2.14. The molecule has 0 aliphatic heterocycles. The summed E-state index contributed by atoms with van der Waals surface area (Å²) < 4.78 is 0. The summed E-state index contributed by atoms with van der Waals surface area (Å²) in [6.45, 7) is 0. The maximum absolute atomic E-state index is 8.51. The third-order valence-electron chi connectivity index (χ3n) is 1.30. The average molecular weight is 166 g/mol. The van der Waals surface area contributed by atoms with Gasteiger partial charge in [-0.05, 0) is 30.8 Å². The molecule has 0 aliphatic rings. The van der Waals surface area contributed by atoms with Crippen LogP contribution in [0, 0.1) is 11.3 Å². The van der Waals surface area contributed by atoms with Crippen molar-refractivity contribution >= 4 is 18.3 Å². The second-order valence-corrected chi connectivity index (χ2v) is 2.56. The van der Waals surface area contributed by atoms with Crippen molar-refractivity contribution in [1.29, 1.82) is 5.26 Å². The summed E-state index contributed by atoms with van der Waals surface area (Å²) in [7, 11) is 0. The van der Waals surface area contributed by atoms with Crippen molar-refractivity contribution in [1.82, 2.24) is 0 Å². The molecular weight excluding hydrogens is 158 g/mol. The molecule has 1 aromatic rings. The smallest absolute Gasteiger partial charge is 0.174 e. The normalized spacial score (nSPS) is 8.82. The van der Waals surface area contributed by atoms with Crippen molar-refractivity contribution in [2.24, 2.45) is 5.84 Å². The fraction of sp³-hybridized carbons (Fsp3) is 0. The van der Waals surface area contributed by atoms with E-state index in [1.165, 1.54) is 0 Å².